The molecular weight excluding hydrogens is 296 g/mol. The Bertz CT molecular complexity index is 597. The minimum atomic E-state index is -0.119. The second kappa shape index (κ2) is 4.28. The number of nitrogens with one attached hydrogen (secondary N) is 1. The van der Waals surface area contributed by atoms with Crippen molar-refractivity contribution < 1.29 is 4.79 Å². The van der Waals surface area contributed by atoms with Crippen molar-refractivity contribution in [3.63, 3.8) is 0 Å². The van der Waals surface area contributed by atoms with Crippen LogP contribution in [-0.4, -0.2) is 20.3 Å². The average molecular weight is 309 g/mol. The summed E-state index contributed by atoms with van der Waals surface area (Å²) in [6, 6.07) is 4.09. The molecule has 0 bridgehead atoms. The molecule has 0 saturated heterocycles. The smallest absolute Gasteiger partial charge is 0.273 e. The van der Waals surface area contributed by atoms with Gasteiger partial charge in [0, 0.05) is 36.0 Å². The van der Waals surface area contributed by atoms with Crippen LogP contribution in [0.2, 0.25) is 0 Å². The second-order valence-corrected chi connectivity index (χ2v) is 5.43. The van der Waals surface area contributed by atoms with Crippen LogP contribution in [0.25, 0.3) is 0 Å². The van der Waals surface area contributed by atoms with Gasteiger partial charge in [0.1, 0.15) is 5.69 Å². The molecule has 0 radical (unpaired) electrons. The van der Waals surface area contributed by atoms with Gasteiger partial charge >= 0.3 is 0 Å². The molecule has 0 atom stereocenters. The highest BCUT2D eigenvalue weighted by atomic mass is 79.9. The van der Waals surface area contributed by atoms with Crippen LogP contribution in [0, 0.1) is 0 Å². The highest BCUT2D eigenvalue weighted by molar-refractivity contribution is 9.10. The molecule has 1 saturated carbocycles. The summed E-state index contributed by atoms with van der Waals surface area (Å²) in [5.41, 5.74) is 0.676. The van der Waals surface area contributed by atoms with Crippen LogP contribution in [-0.2, 0) is 7.05 Å². The molecule has 1 amide bonds. The zero-order chi connectivity index (χ0) is 12.7. The van der Waals surface area contributed by atoms with E-state index < -0.39 is 0 Å². The average Bonchev–Trinajstić information content (AvgIpc) is 2.98. The first-order valence-corrected chi connectivity index (χ1v) is 6.61. The molecule has 5 nitrogen and oxygen atoms in total. The van der Waals surface area contributed by atoms with Crippen molar-refractivity contribution in [1.29, 1.82) is 0 Å². The highest BCUT2D eigenvalue weighted by Gasteiger charge is 2.27. The van der Waals surface area contributed by atoms with Crippen molar-refractivity contribution in [2.45, 2.75) is 18.9 Å². The van der Waals surface area contributed by atoms with Gasteiger partial charge in [0.25, 0.3) is 5.91 Å². The van der Waals surface area contributed by atoms with Crippen molar-refractivity contribution in [2.75, 3.05) is 5.32 Å². The molecule has 2 aromatic rings. The van der Waals surface area contributed by atoms with Crippen molar-refractivity contribution in [3.8, 4) is 0 Å². The molecule has 2 aromatic heterocycles. The monoisotopic (exact) mass is 308 g/mol. The summed E-state index contributed by atoms with van der Waals surface area (Å²) >= 11 is 3.42. The van der Waals surface area contributed by atoms with Gasteiger partial charge in [-0.1, -0.05) is 0 Å². The van der Waals surface area contributed by atoms with Crippen LogP contribution in [0.5, 0.6) is 0 Å². The molecule has 6 heteroatoms. The highest BCUT2D eigenvalue weighted by Crippen LogP contribution is 2.37. The van der Waals surface area contributed by atoms with Crippen LogP contribution < -0.4 is 5.32 Å². The molecule has 1 N–H and O–H groups in total. The minimum Gasteiger partial charge on any atom is -0.339 e. The fraction of sp³-hybridized carbons (Fsp3) is 0.333. The molecule has 0 unspecified atom stereocenters. The van der Waals surface area contributed by atoms with Gasteiger partial charge in [-0.15, -0.1) is 0 Å². The molecule has 0 aromatic carbocycles. The molecule has 3 rings (SSSR count). The van der Waals surface area contributed by atoms with Crippen LogP contribution >= 0.6 is 15.9 Å². The maximum Gasteiger partial charge on any atom is 0.273 e. The number of halogens is 1. The molecule has 1 aliphatic rings. The summed E-state index contributed by atoms with van der Waals surface area (Å²) in [5.74, 6) is 0.452. The molecule has 0 aliphatic heterocycles. The van der Waals surface area contributed by atoms with E-state index in [1.54, 1.807) is 16.9 Å². The number of hydrogen-bond acceptors (Lipinski definition) is 2. The molecular formula is C12H13BrN4O. The number of hydrogen-bond donors (Lipinski definition) is 1. The Balaban J connectivity index is 1.83. The first-order valence-electron chi connectivity index (χ1n) is 5.82. The standard InChI is InChI=1S/C12H13BrN4O/c1-16-5-4-11(15-16)14-12(18)10-6-8(13)7-17(10)9-2-3-9/h4-7,9H,2-3H2,1H3,(H,14,15,18). The quantitative estimate of drug-likeness (QED) is 0.947. The first-order chi connectivity index (χ1) is 8.63. The van der Waals surface area contributed by atoms with E-state index in [1.165, 1.54) is 0 Å². The number of carbonyl (C=O) groups excluding carboxylic acids is 1. The molecule has 18 heavy (non-hydrogen) atoms. The zero-order valence-electron chi connectivity index (χ0n) is 9.93. The minimum absolute atomic E-state index is 0.119. The lowest BCUT2D eigenvalue weighted by atomic mass is 10.4. The summed E-state index contributed by atoms with van der Waals surface area (Å²) in [6.45, 7) is 0. The van der Waals surface area contributed by atoms with Gasteiger partial charge in [-0.3, -0.25) is 9.48 Å². The van der Waals surface area contributed by atoms with E-state index in [-0.39, 0.29) is 5.91 Å². The number of nitrogens with zero attached hydrogens (tertiary/aromatic N) is 3. The maximum atomic E-state index is 12.2. The Hall–Kier alpha value is -1.56. The molecule has 1 fully saturated rings. The summed E-state index contributed by atoms with van der Waals surface area (Å²) in [6.07, 6.45) is 6.05. The topological polar surface area (TPSA) is 51.9 Å². The number of rotatable bonds is 3. The van der Waals surface area contributed by atoms with Gasteiger partial charge in [0.15, 0.2) is 5.82 Å². The third-order valence-electron chi connectivity index (χ3n) is 2.94. The van der Waals surface area contributed by atoms with Crippen molar-refractivity contribution in [3.05, 3.63) is 34.7 Å². The third-order valence-corrected chi connectivity index (χ3v) is 3.38. The normalized spacial score (nSPS) is 14.8. The lowest BCUT2D eigenvalue weighted by Crippen LogP contribution is -2.16. The predicted molar refractivity (Wildman–Crippen MR) is 71.6 cm³/mol. The van der Waals surface area contributed by atoms with Gasteiger partial charge in [-0.25, -0.2) is 0 Å². The summed E-state index contributed by atoms with van der Waals surface area (Å²) < 4.78 is 4.62. The van der Waals surface area contributed by atoms with Gasteiger partial charge in [-0.2, -0.15) is 5.10 Å². The van der Waals surface area contributed by atoms with E-state index in [2.05, 4.69) is 26.3 Å². The van der Waals surface area contributed by atoms with Crippen molar-refractivity contribution in [2.24, 2.45) is 7.05 Å². The Morgan fingerprint density at radius 1 is 1.56 bits per heavy atom. The number of anilines is 1. The van der Waals surface area contributed by atoms with Crippen LogP contribution in [0.15, 0.2) is 29.0 Å². The van der Waals surface area contributed by atoms with Gasteiger partial charge < -0.3 is 9.88 Å². The molecule has 1 aliphatic carbocycles. The van der Waals surface area contributed by atoms with Crippen LogP contribution in [0.1, 0.15) is 29.4 Å². The van der Waals surface area contributed by atoms with Crippen molar-refractivity contribution >= 4 is 27.7 Å². The fourth-order valence-corrected chi connectivity index (χ4v) is 2.38. The number of aryl methyl sites for hydroxylation is 1. The van der Waals surface area contributed by atoms with Crippen molar-refractivity contribution in [1.82, 2.24) is 14.3 Å². The Morgan fingerprint density at radius 2 is 2.33 bits per heavy atom. The summed E-state index contributed by atoms with van der Waals surface area (Å²) in [4.78, 5) is 12.2. The van der Waals surface area contributed by atoms with E-state index >= 15 is 0 Å². The lowest BCUT2D eigenvalue weighted by Gasteiger charge is -2.06. The largest absolute Gasteiger partial charge is 0.339 e. The van der Waals surface area contributed by atoms with Gasteiger partial charge in [-0.05, 0) is 34.8 Å². The van der Waals surface area contributed by atoms with Crippen LogP contribution in [0.4, 0.5) is 5.82 Å². The number of amides is 1. The zero-order valence-corrected chi connectivity index (χ0v) is 11.5. The fourth-order valence-electron chi connectivity index (χ4n) is 1.94. The van der Waals surface area contributed by atoms with E-state index in [4.69, 9.17) is 0 Å². The summed E-state index contributed by atoms with van der Waals surface area (Å²) in [5, 5.41) is 6.94. The van der Waals surface area contributed by atoms with E-state index in [0.717, 1.165) is 17.3 Å². The first kappa shape index (κ1) is 11.5. The molecule has 94 valence electrons. The molecule has 0 spiro atoms. The molecule has 2 heterocycles. The maximum absolute atomic E-state index is 12.2. The van der Waals surface area contributed by atoms with Gasteiger partial charge in [0.2, 0.25) is 0 Å². The number of aromatic nitrogens is 3. The Kier molecular flexibility index (Phi) is 2.74. The van der Waals surface area contributed by atoms with E-state index in [9.17, 15) is 4.79 Å². The van der Waals surface area contributed by atoms with E-state index in [1.807, 2.05) is 23.9 Å². The van der Waals surface area contributed by atoms with E-state index in [0.29, 0.717) is 17.6 Å². The Labute approximate surface area is 113 Å². The third kappa shape index (κ3) is 2.20. The summed E-state index contributed by atoms with van der Waals surface area (Å²) in [7, 11) is 1.82. The lowest BCUT2D eigenvalue weighted by molar-refractivity contribution is 0.101. The predicted octanol–water partition coefficient (Wildman–Crippen LogP) is 2.57. The second-order valence-electron chi connectivity index (χ2n) is 4.51. The van der Waals surface area contributed by atoms with Crippen LogP contribution in [0.3, 0.4) is 0 Å². The SMILES string of the molecule is Cn1ccc(NC(=O)c2cc(Br)cn2C2CC2)n1. The Morgan fingerprint density at radius 3 is 2.94 bits per heavy atom. The van der Waals surface area contributed by atoms with Gasteiger partial charge in [0.05, 0.1) is 0 Å². The number of carbonyl (C=O) groups is 1.